The first-order chi connectivity index (χ1) is 11.1. The first-order valence-corrected chi connectivity index (χ1v) is 7.45. The molecule has 0 radical (unpaired) electrons. The van der Waals surface area contributed by atoms with Gasteiger partial charge >= 0.3 is 0 Å². The number of nitrogens with one attached hydrogen (secondary N) is 1. The van der Waals surface area contributed by atoms with Crippen LogP contribution in [0.5, 0.6) is 11.5 Å². The van der Waals surface area contributed by atoms with Crippen molar-refractivity contribution in [3.05, 3.63) is 53.6 Å². The predicted molar refractivity (Wildman–Crippen MR) is 97.8 cm³/mol. The average Bonchev–Trinajstić information content (AvgIpc) is 2.59. The summed E-state index contributed by atoms with van der Waals surface area (Å²) in [6.45, 7) is 0.413. The molecule has 5 nitrogen and oxygen atoms in total. The summed E-state index contributed by atoms with van der Waals surface area (Å²) in [7, 11) is 3.20. The lowest BCUT2D eigenvalue weighted by Crippen LogP contribution is -2.23. The Morgan fingerprint density at radius 1 is 1.08 bits per heavy atom. The number of methoxy groups -OCH3 is 2. The van der Waals surface area contributed by atoms with Crippen LogP contribution in [0.4, 0.5) is 5.69 Å². The van der Waals surface area contributed by atoms with E-state index in [4.69, 9.17) is 15.2 Å². The number of anilines is 1. The molecule has 3 N–H and O–H groups in total. The number of ether oxygens (including phenoxy) is 2. The molecule has 0 atom stereocenters. The van der Waals surface area contributed by atoms with E-state index in [1.165, 1.54) is 0 Å². The highest BCUT2D eigenvalue weighted by Crippen LogP contribution is 2.24. The van der Waals surface area contributed by atoms with Crippen molar-refractivity contribution < 1.29 is 14.3 Å². The summed E-state index contributed by atoms with van der Waals surface area (Å²) in [4.78, 5) is 12.0. The van der Waals surface area contributed by atoms with Gasteiger partial charge in [0.05, 0.1) is 14.2 Å². The van der Waals surface area contributed by atoms with E-state index in [9.17, 15) is 4.79 Å². The number of amides is 1. The molecule has 0 saturated heterocycles. The van der Waals surface area contributed by atoms with Crippen LogP contribution in [0, 0.1) is 0 Å². The van der Waals surface area contributed by atoms with Crippen molar-refractivity contribution in [3.8, 4) is 11.5 Å². The third-order valence-electron chi connectivity index (χ3n) is 3.65. The molecule has 0 fully saturated rings. The lowest BCUT2D eigenvalue weighted by molar-refractivity contribution is -0.121. The van der Waals surface area contributed by atoms with Gasteiger partial charge in [0.25, 0.3) is 0 Å². The highest BCUT2D eigenvalue weighted by molar-refractivity contribution is 5.85. The van der Waals surface area contributed by atoms with Crippen LogP contribution in [0.2, 0.25) is 0 Å². The maximum Gasteiger partial charge on any atom is 0.220 e. The van der Waals surface area contributed by atoms with Crippen LogP contribution in [-0.2, 0) is 17.8 Å². The molecule has 0 spiro atoms. The van der Waals surface area contributed by atoms with Crippen LogP contribution in [0.3, 0.4) is 0 Å². The molecule has 0 bridgehead atoms. The number of para-hydroxylation sites is 1. The minimum absolute atomic E-state index is 0. The van der Waals surface area contributed by atoms with Crippen LogP contribution in [0.15, 0.2) is 42.5 Å². The highest BCUT2D eigenvalue weighted by Gasteiger charge is 2.08. The van der Waals surface area contributed by atoms with E-state index in [1.54, 1.807) is 20.3 Å². The Kier molecular flexibility index (Phi) is 7.92. The summed E-state index contributed by atoms with van der Waals surface area (Å²) in [5, 5.41) is 2.90. The van der Waals surface area contributed by atoms with Gasteiger partial charge in [0, 0.05) is 30.3 Å². The number of carbonyl (C=O) groups is 1. The van der Waals surface area contributed by atoms with Gasteiger partial charge in [-0.1, -0.05) is 18.2 Å². The maximum absolute atomic E-state index is 12.0. The minimum Gasteiger partial charge on any atom is -0.497 e. The van der Waals surface area contributed by atoms with Crippen molar-refractivity contribution in [2.75, 3.05) is 20.0 Å². The zero-order valence-corrected chi connectivity index (χ0v) is 14.7. The summed E-state index contributed by atoms with van der Waals surface area (Å²) in [6, 6.07) is 13.1. The second-order valence-corrected chi connectivity index (χ2v) is 5.15. The Morgan fingerprint density at radius 2 is 1.83 bits per heavy atom. The van der Waals surface area contributed by atoms with Crippen molar-refractivity contribution >= 4 is 24.0 Å². The molecule has 2 aromatic rings. The molecule has 0 saturated carbocycles. The molecule has 130 valence electrons. The Hall–Kier alpha value is -2.40. The van der Waals surface area contributed by atoms with Gasteiger partial charge in [-0.15, -0.1) is 12.4 Å². The van der Waals surface area contributed by atoms with E-state index >= 15 is 0 Å². The predicted octanol–water partition coefficient (Wildman–Crippen LogP) is 2.96. The SMILES string of the molecule is COc1ccc(CNC(=O)CCc2ccccc2N)c(OC)c1.Cl. The Balaban J connectivity index is 0.00000288. The quantitative estimate of drug-likeness (QED) is 0.753. The molecule has 1 amide bonds. The van der Waals surface area contributed by atoms with E-state index in [0.29, 0.717) is 25.1 Å². The molecule has 0 unspecified atom stereocenters. The first-order valence-electron chi connectivity index (χ1n) is 7.45. The van der Waals surface area contributed by atoms with Gasteiger partial charge in [-0.05, 0) is 30.2 Å². The lowest BCUT2D eigenvalue weighted by Gasteiger charge is -2.11. The minimum atomic E-state index is -0.0221. The topological polar surface area (TPSA) is 73.6 Å². The van der Waals surface area contributed by atoms with E-state index in [-0.39, 0.29) is 18.3 Å². The number of benzene rings is 2. The summed E-state index contributed by atoms with van der Waals surface area (Å²) in [6.07, 6.45) is 1.02. The number of nitrogen functional groups attached to an aromatic ring is 1. The normalized spacial score (nSPS) is 9.75. The van der Waals surface area contributed by atoms with Gasteiger partial charge < -0.3 is 20.5 Å². The van der Waals surface area contributed by atoms with Gasteiger partial charge in [-0.3, -0.25) is 4.79 Å². The van der Waals surface area contributed by atoms with Gasteiger partial charge in [0.15, 0.2) is 0 Å². The third-order valence-corrected chi connectivity index (χ3v) is 3.65. The lowest BCUT2D eigenvalue weighted by atomic mass is 10.1. The van der Waals surface area contributed by atoms with E-state index in [2.05, 4.69) is 5.32 Å². The number of carbonyl (C=O) groups excluding carboxylic acids is 1. The van der Waals surface area contributed by atoms with Gasteiger partial charge in [-0.2, -0.15) is 0 Å². The first kappa shape index (κ1) is 19.6. The van der Waals surface area contributed by atoms with Crippen molar-refractivity contribution in [2.24, 2.45) is 0 Å². The molecular weight excluding hydrogens is 328 g/mol. The van der Waals surface area contributed by atoms with Gasteiger partial charge in [0.1, 0.15) is 11.5 Å². The largest absolute Gasteiger partial charge is 0.497 e. The van der Waals surface area contributed by atoms with Crippen molar-refractivity contribution in [1.82, 2.24) is 5.32 Å². The van der Waals surface area contributed by atoms with E-state index in [1.807, 2.05) is 36.4 Å². The Labute approximate surface area is 148 Å². The number of halogens is 1. The Morgan fingerprint density at radius 3 is 2.50 bits per heavy atom. The Bertz CT molecular complexity index is 677. The summed E-state index contributed by atoms with van der Waals surface area (Å²) < 4.78 is 10.5. The molecule has 0 aliphatic rings. The molecule has 0 aliphatic carbocycles. The molecule has 6 heteroatoms. The molecule has 0 aromatic heterocycles. The summed E-state index contributed by atoms with van der Waals surface area (Å²) in [5.41, 5.74) is 8.49. The zero-order chi connectivity index (χ0) is 16.7. The monoisotopic (exact) mass is 350 g/mol. The number of nitrogens with two attached hydrogens (primary N) is 1. The van der Waals surface area contributed by atoms with Gasteiger partial charge in [0.2, 0.25) is 5.91 Å². The highest BCUT2D eigenvalue weighted by atomic mass is 35.5. The second-order valence-electron chi connectivity index (χ2n) is 5.15. The standard InChI is InChI=1S/C18H22N2O3.ClH/c1-22-15-9-7-14(17(11-15)23-2)12-20-18(21)10-8-13-5-3-4-6-16(13)19;/h3-7,9,11H,8,10,12,19H2,1-2H3,(H,20,21);1H. The molecule has 0 heterocycles. The summed E-state index contributed by atoms with van der Waals surface area (Å²) >= 11 is 0. The molecule has 2 rings (SSSR count). The molecule has 2 aromatic carbocycles. The van der Waals surface area contributed by atoms with Crippen LogP contribution in [0.25, 0.3) is 0 Å². The second kappa shape index (κ2) is 9.67. The average molecular weight is 351 g/mol. The number of hydrogen-bond acceptors (Lipinski definition) is 4. The van der Waals surface area contributed by atoms with E-state index in [0.717, 1.165) is 22.6 Å². The van der Waals surface area contributed by atoms with Crippen molar-refractivity contribution in [2.45, 2.75) is 19.4 Å². The number of aryl methyl sites for hydroxylation is 1. The van der Waals surface area contributed by atoms with Crippen LogP contribution in [0.1, 0.15) is 17.5 Å². The zero-order valence-electron chi connectivity index (χ0n) is 13.9. The maximum atomic E-state index is 12.0. The molecular formula is C18H23ClN2O3. The smallest absolute Gasteiger partial charge is 0.220 e. The number of rotatable bonds is 7. The molecule has 24 heavy (non-hydrogen) atoms. The fourth-order valence-corrected chi connectivity index (χ4v) is 2.29. The van der Waals surface area contributed by atoms with Crippen LogP contribution >= 0.6 is 12.4 Å². The van der Waals surface area contributed by atoms with Crippen LogP contribution < -0.4 is 20.5 Å². The molecule has 0 aliphatic heterocycles. The van der Waals surface area contributed by atoms with Crippen LogP contribution in [-0.4, -0.2) is 20.1 Å². The number of hydrogen-bond donors (Lipinski definition) is 2. The van der Waals surface area contributed by atoms with Crippen molar-refractivity contribution in [3.63, 3.8) is 0 Å². The van der Waals surface area contributed by atoms with Crippen molar-refractivity contribution in [1.29, 1.82) is 0 Å². The summed E-state index contributed by atoms with van der Waals surface area (Å²) in [5.74, 6) is 1.39. The fourth-order valence-electron chi connectivity index (χ4n) is 2.29. The van der Waals surface area contributed by atoms with Gasteiger partial charge in [-0.25, -0.2) is 0 Å². The third kappa shape index (κ3) is 5.35. The van der Waals surface area contributed by atoms with E-state index < -0.39 is 0 Å². The fraction of sp³-hybridized carbons (Fsp3) is 0.278.